The van der Waals surface area contributed by atoms with Crippen LogP contribution in [0.15, 0.2) is 36.7 Å². The fourth-order valence-electron chi connectivity index (χ4n) is 1.64. The summed E-state index contributed by atoms with van der Waals surface area (Å²) in [6, 6.07) is 5.89. The van der Waals surface area contributed by atoms with Crippen LogP contribution in [0.4, 0.5) is 4.39 Å². The van der Waals surface area contributed by atoms with Crippen molar-refractivity contribution in [2.24, 2.45) is 7.05 Å². The summed E-state index contributed by atoms with van der Waals surface area (Å²) in [7, 11) is 1.73. The number of halogens is 1. The number of aromatic nitrogens is 1. The SMILES string of the molecule is Cn1cc(C(=O)O)c(-c2cccc(F)c2)c1. The Morgan fingerprint density at radius 2 is 2.12 bits per heavy atom. The number of aromatic carboxylic acids is 1. The van der Waals surface area contributed by atoms with E-state index >= 15 is 0 Å². The minimum atomic E-state index is -1.01. The number of benzene rings is 1. The molecule has 0 aliphatic heterocycles. The van der Waals surface area contributed by atoms with Gasteiger partial charge in [-0.1, -0.05) is 12.1 Å². The maximum Gasteiger partial charge on any atom is 0.337 e. The van der Waals surface area contributed by atoms with E-state index in [0.29, 0.717) is 11.1 Å². The van der Waals surface area contributed by atoms with Crippen molar-refractivity contribution >= 4 is 5.97 Å². The van der Waals surface area contributed by atoms with Crippen LogP contribution in [0.1, 0.15) is 10.4 Å². The molecule has 0 saturated heterocycles. The molecule has 0 bridgehead atoms. The van der Waals surface area contributed by atoms with Crippen LogP contribution in [0.3, 0.4) is 0 Å². The lowest BCUT2D eigenvalue weighted by atomic mass is 10.0. The van der Waals surface area contributed by atoms with Gasteiger partial charge in [-0.05, 0) is 17.7 Å². The van der Waals surface area contributed by atoms with Gasteiger partial charge in [-0.15, -0.1) is 0 Å². The van der Waals surface area contributed by atoms with Crippen molar-refractivity contribution in [3.05, 3.63) is 48.0 Å². The van der Waals surface area contributed by atoms with Crippen molar-refractivity contribution in [3.8, 4) is 11.1 Å². The zero-order valence-electron chi connectivity index (χ0n) is 8.64. The molecule has 0 amide bonds. The molecule has 0 spiro atoms. The lowest BCUT2D eigenvalue weighted by molar-refractivity contribution is 0.0697. The minimum Gasteiger partial charge on any atom is -0.478 e. The number of hydrogen-bond donors (Lipinski definition) is 1. The van der Waals surface area contributed by atoms with Crippen LogP contribution in [-0.2, 0) is 7.05 Å². The van der Waals surface area contributed by atoms with Gasteiger partial charge in [0.25, 0.3) is 0 Å². The quantitative estimate of drug-likeness (QED) is 0.843. The molecular formula is C12H10FNO2. The Bertz CT molecular complexity index is 546. The zero-order valence-corrected chi connectivity index (χ0v) is 8.64. The third-order valence-corrected chi connectivity index (χ3v) is 2.32. The second-order valence-corrected chi connectivity index (χ2v) is 3.57. The number of rotatable bonds is 2. The molecule has 1 N–H and O–H groups in total. The molecule has 4 heteroatoms. The van der Waals surface area contributed by atoms with Gasteiger partial charge in [0.15, 0.2) is 0 Å². The zero-order chi connectivity index (χ0) is 11.7. The van der Waals surface area contributed by atoms with Crippen LogP contribution >= 0.6 is 0 Å². The van der Waals surface area contributed by atoms with Gasteiger partial charge in [-0.2, -0.15) is 0 Å². The number of carboxylic acid groups (broad SMARTS) is 1. The Labute approximate surface area is 91.8 Å². The number of carboxylic acids is 1. The van der Waals surface area contributed by atoms with Gasteiger partial charge in [0.05, 0.1) is 5.56 Å². The van der Waals surface area contributed by atoms with E-state index in [1.54, 1.807) is 29.9 Å². The molecule has 0 aliphatic rings. The van der Waals surface area contributed by atoms with Gasteiger partial charge in [0, 0.05) is 25.0 Å². The predicted molar refractivity (Wildman–Crippen MR) is 57.8 cm³/mol. The van der Waals surface area contributed by atoms with Crippen LogP contribution in [-0.4, -0.2) is 15.6 Å². The second kappa shape index (κ2) is 3.81. The van der Waals surface area contributed by atoms with Crippen molar-refractivity contribution in [3.63, 3.8) is 0 Å². The summed E-state index contributed by atoms with van der Waals surface area (Å²) in [6.07, 6.45) is 3.17. The summed E-state index contributed by atoms with van der Waals surface area (Å²) in [5.41, 5.74) is 1.26. The van der Waals surface area contributed by atoms with E-state index in [1.165, 1.54) is 18.3 Å². The monoisotopic (exact) mass is 219 g/mol. The minimum absolute atomic E-state index is 0.174. The molecule has 2 rings (SSSR count). The number of nitrogens with zero attached hydrogens (tertiary/aromatic N) is 1. The highest BCUT2D eigenvalue weighted by Crippen LogP contribution is 2.25. The fourth-order valence-corrected chi connectivity index (χ4v) is 1.64. The Kier molecular flexibility index (Phi) is 2.48. The molecule has 0 radical (unpaired) electrons. The molecule has 16 heavy (non-hydrogen) atoms. The first-order valence-electron chi connectivity index (χ1n) is 4.73. The Morgan fingerprint density at radius 1 is 1.38 bits per heavy atom. The molecule has 0 saturated carbocycles. The maximum absolute atomic E-state index is 13.0. The number of carbonyl (C=O) groups is 1. The lowest BCUT2D eigenvalue weighted by Crippen LogP contribution is -1.96. The Balaban J connectivity index is 2.59. The van der Waals surface area contributed by atoms with Crippen LogP contribution in [0.2, 0.25) is 0 Å². The molecule has 0 atom stereocenters. The van der Waals surface area contributed by atoms with E-state index in [9.17, 15) is 9.18 Å². The molecule has 0 fully saturated rings. The van der Waals surface area contributed by atoms with Gasteiger partial charge < -0.3 is 9.67 Å². The van der Waals surface area contributed by atoms with Crippen LogP contribution in [0.25, 0.3) is 11.1 Å². The van der Waals surface area contributed by atoms with Crippen molar-refractivity contribution in [2.45, 2.75) is 0 Å². The number of aryl methyl sites for hydroxylation is 1. The van der Waals surface area contributed by atoms with E-state index < -0.39 is 5.97 Å². The highest BCUT2D eigenvalue weighted by Gasteiger charge is 2.14. The van der Waals surface area contributed by atoms with Crippen molar-refractivity contribution in [1.82, 2.24) is 4.57 Å². The van der Waals surface area contributed by atoms with E-state index in [2.05, 4.69) is 0 Å². The van der Waals surface area contributed by atoms with Crippen LogP contribution in [0, 0.1) is 5.82 Å². The summed E-state index contributed by atoms with van der Waals surface area (Å²) >= 11 is 0. The maximum atomic E-state index is 13.0. The largest absolute Gasteiger partial charge is 0.478 e. The fraction of sp³-hybridized carbons (Fsp3) is 0.0833. The average molecular weight is 219 g/mol. The lowest BCUT2D eigenvalue weighted by Gasteiger charge is -2.00. The third kappa shape index (κ3) is 1.82. The highest BCUT2D eigenvalue weighted by molar-refractivity contribution is 5.95. The Morgan fingerprint density at radius 3 is 2.75 bits per heavy atom. The van der Waals surface area contributed by atoms with Gasteiger partial charge >= 0.3 is 5.97 Å². The van der Waals surface area contributed by atoms with E-state index in [4.69, 9.17) is 5.11 Å². The first-order chi connectivity index (χ1) is 7.58. The van der Waals surface area contributed by atoms with Crippen LogP contribution < -0.4 is 0 Å². The van der Waals surface area contributed by atoms with Crippen LogP contribution in [0.5, 0.6) is 0 Å². The summed E-state index contributed by atoms with van der Waals surface area (Å²) in [5, 5.41) is 9.00. The van der Waals surface area contributed by atoms with E-state index in [0.717, 1.165) is 0 Å². The summed E-state index contributed by atoms with van der Waals surface area (Å²) in [6.45, 7) is 0. The van der Waals surface area contributed by atoms with Gasteiger partial charge in [0.2, 0.25) is 0 Å². The van der Waals surface area contributed by atoms with Crippen molar-refractivity contribution in [1.29, 1.82) is 0 Å². The number of hydrogen-bond acceptors (Lipinski definition) is 1. The molecule has 1 aromatic carbocycles. The molecule has 0 unspecified atom stereocenters. The first-order valence-corrected chi connectivity index (χ1v) is 4.73. The van der Waals surface area contributed by atoms with Crippen molar-refractivity contribution < 1.29 is 14.3 Å². The first kappa shape index (κ1) is 10.4. The third-order valence-electron chi connectivity index (χ3n) is 2.32. The second-order valence-electron chi connectivity index (χ2n) is 3.57. The topological polar surface area (TPSA) is 42.2 Å². The standard InChI is InChI=1S/C12H10FNO2/c1-14-6-10(11(7-14)12(15)16)8-3-2-4-9(13)5-8/h2-7H,1H3,(H,15,16). The molecule has 1 heterocycles. The van der Waals surface area contributed by atoms with Gasteiger partial charge in [-0.3, -0.25) is 0 Å². The smallest absolute Gasteiger partial charge is 0.337 e. The highest BCUT2D eigenvalue weighted by atomic mass is 19.1. The van der Waals surface area contributed by atoms with Gasteiger partial charge in [0.1, 0.15) is 5.82 Å². The van der Waals surface area contributed by atoms with E-state index in [1.807, 2.05) is 0 Å². The molecule has 1 aromatic heterocycles. The predicted octanol–water partition coefficient (Wildman–Crippen LogP) is 2.53. The summed E-state index contributed by atoms with van der Waals surface area (Å²) in [5.74, 6) is -1.39. The average Bonchev–Trinajstić information content (AvgIpc) is 2.60. The normalized spacial score (nSPS) is 10.4. The molecule has 3 nitrogen and oxygen atoms in total. The molecule has 0 aliphatic carbocycles. The van der Waals surface area contributed by atoms with Crippen molar-refractivity contribution in [2.75, 3.05) is 0 Å². The summed E-state index contributed by atoms with van der Waals surface area (Å²) in [4.78, 5) is 11.0. The molecule has 82 valence electrons. The molecule has 2 aromatic rings. The Hall–Kier alpha value is -2.10. The van der Waals surface area contributed by atoms with E-state index in [-0.39, 0.29) is 11.4 Å². The van der Waals surface area contributed by atoms with Gasteiger partial charge in [-0.25, -0.2) is 9.18 Å². The summed E-state index contributed by atoms with van der Waals surface area (Å²) < 4.78 is 14.7. The molecular weight excluding hydrogens is 209 g/mol.